The van der Waals surface area contributed by atoms with Gasteiger partial charge in [-0.1, -0.05) is 35.5 Å². The lowest BCUT2D eigenvalue weighted by Crippen LogP contribution is -2.14. The van der Waals surface area contributed by atoms with Crippen LogP contribution in [0.25, 0.3) is 0 Å². The summed E-state index contributed by atoms with van der Waals surface area (Å²) in [4.78, 5) is 26.8. The highest BCUT2D eigenvalue weighted by Gasteiger charge is 2.13. The normalized spacial score (nSPS) is 10.6. The van der Waals surface area contributed by atoms with Crippen molar-refractivity contribution in [3.8, 4) is 5.75 Å². The molecule has 2 N–H and O–H groups in total. The fourth-order valence-electron chi connectivity index (χ4n) is 2.40. The first-order chi connectivity index (χ1) is 13.9. The molecule has 29 heavy (non-hydrogen) atoms. The van der Waals surface area contributed by atoms with E-state index in [4.69, 9.17) is 16.3 Å². The topological polar surface area (TPSA) is 123 Å². The SMILES string of the molecule is COc1ccc(Cc2nc(SCC(=O)Nc3cc([N+](=O)[O-])ccc3Cl)n[nH]2)cc1. The van der Waals surface area contributed by atoms with E-state index in [1.165, 1.54) is 18.2 Å². The Morgan fingerprint density at radius 2 is 2.07 bits per heavy atom. The minimum absolute atomic E-state index is 0.0266. The Morgan fingerprint density at radius 3 is 2.76 bits per heavy atom. The number of thioether (sulfide) groups is 1. The Balaban J connectivity index is 1.54. The van der Waals surface area contributed by atoms with Crippen LogP contribution in [0.15, 0.2) is 47.6 Å². The highest BCUT2D eigenvalue weighted by atomic mass is 35.5. The quantitative estimate of drug-likeness (QED) is 0.315. The molecule has 3 aromatic rings. The van der Waals surface area contributed by atoms with Gasteiger partial charge in [0.05, 0.1) is 28.5 Å². The van der Waals surface area contributed by atoms with E-state index in [1.54, 1.807) is 7.11 Å². The van der Waals surface area contributed by atoms with Gasteiger partial charge in [-0.15, -0.1) is 5.10 Å². The molecule has 9 nitrogen and oxygen atoms in total. The third kappa shape index (κ3) is 5.69. The van der Waals surface area contributed by atoms with Gasteiger partial charge in [-0.05, 0) is 23.8 Å². The van der Waals surface area contributed by atoms with Crippen LogP contribution in [0.4, 0.5) is 11.4 Å². The van der Waals surface area contributed by atoms with Gasteiger partial charge in [0.15, 0.2) is 0 Å². The van der Waals surface area contributed by atoms with Crippen LogP contribution in [-0.2, 0) is 11.2 Å². The fraction of sp³-hybridized carbons (Fsp3) is 0.167. The molecule has 0 atom stereocenters. The van der Waals surface area contributed by atoms with Gasteiger partial charge in [0.1, 0.15) is 11.6 Å². The smallest absolute Gasteiger partial charge is 0.271 e. The maximum atomic E-state index is 12.1. The van der Waals surface area contributed by atoms with Crippen molar-refractivity contribution in [2.45, 2.75) is 11.6 Å². The number of nitrogens with zero attached hydrogens (tertiary/aromatic N) is 3. The minimum Gasteiger partial charge on any atom is -0.497 e. The van der Waals surface area contributed by atoms with Crippen LogP contribution in [0.5, 0.6) is 5.75 Å². The van der Waals surface area contributed by atoms with E-state index < -0.39 is 4.92 Å². The monoisotopic (exact) mass is 433 g/mol. The Bertz CT molecular complexity index is 1030. The minimum atomic E-state index is -0.557. The second-order valence-corrected chi connectivity index (χ2v) is 7.20. The molecule has 11 heteroatoms. The summed E-state index contributed by atoms with van der Waals surface area (Å²) in [6.07, 6.45) is 0.563. The van der Waals surface area contributed by atoms with Gasteiger partial charge < -0.3 is 10.1 Å². The lowest BCUT2D eigenvalue weighted by molar-refractivity contribution is -0.384. The number of aromatic amines is 1. The first-order valence-electron chi connectivity index (χ1n) is 8.35. The van der Waals surface area contributed by atoms with Gasteiger partial charge in [-0.3, -0.25) is 20.0 Å². The molecule has 1 amide bonds. The zero-order valence-electron chi connectivity index (χ0n) is 15.2. The first-order valence-corrected chi connectivity index (χ1v) is 9.72. The van der Waals surface area contributed by atoms with Gasteiger partial charge in [-0.25, -0.2) is 4.98 Å². The summed E-state index contributed by atoms with van der Waals surface area (Å²) >= 11 is 7.12. The lowest BCUT2D eigenvalue weighted by atomic mass is 10.1. The molecule has 3 rings (SSSR count). The number of nitro groups is 1. The van der Waals surface area contributed by atoms with Crippen LogP contribution in [0.2, 0.25) is 5.02 Å². The van der Waals surface area contributed by atoms with Crippen LogP contribution in [0, 0.1) is 10.1 Å². The highest BCUT2D eigenvalue weighted by Crippen LogP contribution is 2.27. The summed E-state index contributed by atoms with van der Waals surface area (Å²) in [6.45, 7) is 0. The van der Waals surface area contributed by atoms with Gasteiger partial charge >= 0.3 is 0 Å². The summed E-state index contributed by atoms with van der Waals surface area (Å²) in [7, 11) is 1.61. The number of amides is 1. The predicted octanol–water partition coefficient (Wildman–Crippen LogP) is 3.70. The van der Waals surface area contributed by atoms with Crippen LogP contribution in [0.1, 0.15) is 11.4 Å². The van der Waals surface area contributed by atoms with E-state index >= 15 is 0 Å². The van der Waals surface area contributed by atoms with Crippen molar-refractivity contribution >= 4 is 40.6 Å². The third-order valence-electron chi connectivity index (χ3n) is 3.81. The van der Waals surface area contributed by atoms with E-state index in [2.05, 4.69) is 20.5 Å². The number of methoxy groups -OCH3 is 1. The predicted molar refractivity (Wildman–Crippen MR) is 110 cm³/mol. The summed E-state index contributed by atoms with van der Waals surface area (Å²) in [5.74, 6) is 1.09. The Morgan fingerprint density at radius 1 is 1.31 bits per heavy atom. The molecule has 0 bridgehead atoms. The third-order valence-corrected chi connectivity index (χ3v) is 4.99. The molecule has 0 aliphatic heterocycles. The highest BCUT2D eigenvalue weighted by molar-refractivity contribution is 7.99. The largest absolute Gasteiger partial charge is 0.497 e. The Labute approximate surface area is 175 Å². The molecule has 1 heterocycles. The lowest BCUT2D eigenvalue weighted by Gasteiger charge is -2.06. The number of H-pyrrole nitrogens is 1. The van der Waals surface area contributed by atoms with Crippen LogP contribution in [0.3, 0.4) is 0 Å². The van der Waals surface area contributed by atoms with Crippen LogP contribution in [-0.4, -0.2) is 38.9 Å². The summed E-state index contributed by atoms with van der Waals surface area (Å²) in [6, 6.07) is 11.4. The molecule has 0 saturated heterocycles. The molecule has 0 saturated carbocycles. The summed E-state index contributed by atoms with van der Waals surface area (Å²) in [5.41, 5.74) is 1.06. The summed E-state index contributed by atoms with van der Waals surface area (Å²) < 4.78 is 5.13. The molecule has 150 valence electrons. The van der Waals surface area contributed by atoms with Crippen molar-refractivity contribution < 1.29 is 14.5 Å². The molecule has 0 aliphatic carbocycles. The molecule has 0 spiro atoms. The zero-order valence-corrected chi connectivity index (χ0v) is 16.8. The molecule has 1 aromatic heterocycles. The second kappa shape index (κ2) is 9.39. The maximum Gasteiger partial charge on any atom is 0.271 e. The van der Waals surface area contributed by atoms with E-state index in [0.29, 0.717) is 17.4 Å². The number of nitro benzene ring substituents is 1. The Kier molecular flexibility index (Phi) is 6.68. The van der Waals surface area contributed by atoms with E-state index in [1.807, 2.05) is 24.3 Å². The number of carbonyl (C=O) groups is 1. The van der Waals surface area contributed by atoms with Crippen molar-refractivity contribution in [3.05, 3.63) is 69.0 Å². The first kappa shape index (κ1) is 20.6. The van der Waals surface area contributed by atoms with Crippen molar-refractivity contribution in [1.29, 1.82) is 0 Å². The number of non-ortho nitro benzene ring substituents is 1. The number of halogens is 1. The number of rotatable bonds is 8. The van der Waals surface area contributed by atoms with Gasteiger partial charge in [0.25, 0.3) is 5.69 Å². The standard InChI is InChI=1S/C18H16ClN5O4S/c1-28-13-5-2-11(3-6-13)8-16-21-18(23-22-16)29-10-17(25)20-15-9-12(24(26)27)4-7-14(15)19/h2-7,9H,8,10H2,1H3,(H,20,25)(H,21,22,23). The number of benzene rings is 2. The van der Waals surface area contributed by atoms with Gasteiger partial charge in [-0.2, -0.15) is 0 Å². The van der Waals surface area contributed by atoms with Crippen molar-refractivity contribution in [2.24, 2.45) is 0 Å². The molecule has 0 unspecified atom stereocenters. The number of nitrogens with one attached hydrogen (secondary N) is 2. The van der Waals surface area contributed by atoms with E-state index in [-0.39, 0.29) is 28.1 Å². The van der Waals surface area contributed by atoms with Gasteiger partial charge in [0.2, 0.25) is 11.1 Å². The van der Waals surface area contributed by atoms with E-state index in [0.717, 1.165) is 23.1 Å². The number of hydrogen-bond acceptors (Lipinski definition) is 7. The molecule has 2 aromatic carbocycles. The molecule has 0 radical (unpaired) electrons. The average molecular weight is 434 g/mol. The fourth-order valence-corrected chi connectivity index (χ4v) is 3.18. The average Bonchev–Trinajstić information content (AvgIpc) is 3.16. The van der Waals surface area contributed by atoms with Crippen LogP contribution < -0.4 is 10.1 Å². The number of ether oxygens (including phenoxy) is 1. The van der Waals surface area contributed by atoms with Crippen LogP contribution >= 0.6 is 23.4 Å². The Hall–Kier alpha value is -3.11. The number of anilines is 1. The number of hydrogen-bond donors (Lipinski definition) is 2. The molecular weight excluding hydrogens is 418 g/mol. The van der Waals surface area contributed by atoms with Crippen molar-refractivity contribution in [1.82, 2.24) is 15.2 Å². The second-order valence-electron chi connectivity index (χ2n) is 5.85. The van der Waals surface area contributed by atoms with Crippen molar-refractivity contribution in [3.63, 3.8) is 0 Å². The summed E-state index contributed by atoms with van der Waals surface area (Å²) in [5, 5.41) is 21.0. The number of aromatic nitrogens is 3. The van der Waals surface area contributed by atoms with Gasteiger partial charge in [0, 0.05) is 18.6 Å². The number of carbonyl (C=O) groups excluding carboxylic acids is 1. The van der Waals surface area contributed by atoms with Crippen molar-refractivity contribution in [2.75, 3.05) is 18.2 Å². The maximum absolute atomic E-state index is 12.1. The molecule has 0 fully saturated rings. The molecular formula is C18H16ClN5O4S. The molecule has 0 aliphatic rings. The zero-order chi connectivity index (χ0) is 20.8. The van der Waals surface area contributed by atoms with E-state index in [9.17, 15) is 14.9 Å².